The molecular weight excluding hydrogens is 292 g/mol. The van der Waals surface area contributed by atoms with Gasteiger partial charge in [-0.3, -0.25) is 4.79 Å². The quantitative estimate of drug-likeness (QED) is 0.883. The molecule has 22 heavy (non-hydrogen) atoms. The van der Waals surface area contributed by atoms with Crippen LogP contribution in [-0.2, 0) is 9.53 Å². The van der Waals surface area contributed by atoms with Crippen LogP contribution in [0.25, 0.3) is 0 Å². The molecule has 0 aliphatic rings. The predicted molar refractivity (Wildman–Crippen MR) is 75.0 cm³/mol. The molecule has 0 spiro atoms. The largest absolute Gasteiger partial charge is 0.467 e. The van der Waals surface area contributed by atoms with Gasteiger partial charge in [-0.2, -0.15) is 0 Å². The first-order valence-electron chi connectivity index (χ1n) is 6.42. The van der Waals surface area contributed by atoms with Crippen molar-refractivity contribution in [2.75, 3.05) is 7.11 Å². The van der Waals surface area contributed by atoms with Crippen LogP contribution in [0.3, 0.4) is 0 Å². The van der Waals surface area contributed by atoms with E-state index in [1.807, 2.05) is 0 Å². The summed E-state index contributed by atoms with van der Waals surface area (Å²) in [6, 6.07) is 10.5. The Hall–Kier alpha value is -2.76. The van der Waals surface area contributed by atoms with Crippen molar-refractivity contribution in [3.05, 3.63) is 71.3 Å². The molecule has 114 valence electrons. The fourth-order valence-electron chi connectivity index (χ4n) is 1.93. The molecule has 2 aromatic carbocycles. The van der Waals surface area contributed by atoms with Gasteiger partial charge >= 0.3 is 5.97 Å². The Morgan fingerprint density at radius 3 is 2.36 bits per heavy atom. The topological polar surface area (TPSA) is 55.4 Å². The van der Waals surface area contributed by atoms with E-state index in [1.54, 1.807) is 30.3 Å². The second-order valence-corrected chi connectivity index (χ2v) is 4.44. The molecule has 1 atom stereocenters. The van der Waals surface area contributed by atoms with Crippen LogP contribution in [0.1, 0.15) is 22.0 Å². The van der Waals surface area contributed by atoms with Crippen LogP contribution >= 0.6 is 0 Å². The lowest BCUT2D eigenvalue weighted by molar-refractivity contribution is -0.143. The lowest BCUT2D eigenvalue weighted by Crippen LogP contribution is -2.35. The van der Waals surface area contributed by atoms with Crippen LogP contribution < -0.4 is 5.32 Å². The van der Waals surface area contributed by atoms with Gasteiger partial charge in [0.05, 0.1) is 12.7 Å². The zero-order valence-electron chi connectivity index (χ0n) is 11.7. The molecule has 0 radical (unpaired) electrons. The monoisotopic (exact) mass is 305 g/mol. The maximum absolute atomic E-state index is 13.6. The lowest BCUT2D eigenvalue weighted by Gasteiger charge is -2.17. The molecule has 4 nitrogen and oxygen atoms in total. The standard InChI is InChI=1S/C16H13F2NO3/c1-22-16(21)14(10-6-3-2-4-7-10)19-15(20)11-8-5-9-12(17)13(11)18/h2-9,14H,1H3,(H,19,20)/t14-/m1/s1. The average Bonchev–Trinajstić information content (AvgIpc) is 2.55. The van der Waals surface area contributed by atoms with Crippen molar-refractivity contribution in [1.82, 2.24) is 5.32 Å². The van der Waals surface area contributed by atoms with Gasteiger partial charge in [0, 0.05) is 0 Å². The van der Waals surface area contributed by atoms with Gasteiger partial charge in [-0.05, 0) is 17.7 Å². The molecule has 1 amide bonds. The number of methoxy groups -OCH3 is 1. The molecule has 6 heteroatoms. The minimum absolute atomic E-state index is 0.472. The van der Waals surface area contributed by atoms with E-state index in [9.17, 15) is 18.4 Å². The Balaban J connectivity index is 2.29. The summed E-state index contributed by atoms with van der Waals surface area (Å²) in [6.07, 6.45) is 0. The van der Waals surface area contributed by atoms with Gasteiger partial charge in [0.2, 0.25) is 0 Å². The minimum atomic E-state index is -1.27. The molecular formula is C16H13F2NO3. The second kappa shape index (κ2) is 6.80. The summed E-state index contributed by atoms with van der Waals surface area (Å²) in [4.78, 5) is 23.9. The van der Waals surface area contributed by atoms with Gasteiger partial charge in [0.15, 0.2) is 17.7 Å². The van der Waals surface area contributed by atoms with Gasteiger partial charge in [0.25, 0.3) is 5.91 Å². The van der Waals surface area contributed by atoms with Crippen molar-refractivity contribution >= 4 is 11.9 Å². The highest BCUT2D eigenvalue weighted by Crippen LogP contribution is 2.17. The number of ether oxygens (including phenoxy) is 1. The van der Waals surface area contributed by atoms with E-state index in [1.165, 1.54) is 13.2 Å². The average molecular weight is 305 g/mol. The molecule has 2 aromatic rings. The Labute approximate surface area is 125 Å². The summed E-state index contributed by atoms with van der Waals surface area (Å²) in [6.45, 7) is 0. The first-order valence-corrected chi connectivity index (χ1v) is 6.42. The molecule has 0 bridgehead atoms. The highest BCUT2D eigenvalue weighted by atomic mass is 19.2. The molecule has 0 aliphatic heterocycles. The van der Waals surface area contributed by atoms with E-state index in [-0.39, 0.29) is 0 Å². The van der Waals surface area contributed by atoms with E-state index in [4.69, 9.17) is 0 Å². The summed E-state index contributed by atoms with van der Waals surface area (Å²) in [5.41, 5.74) is -0.00987. The fraction of sp³-hybridized carbons (Fsp3) is 0.125. The number of benzene rings is 2. The third kappa shape index (κ3) is 3.28. The smallest absolute Gasteiger partial charge is 0.333 e. The summed E-state index contributed by atoms with van der Waals surface area (Å²) < 4.78 is 31.4. The number of nitrogens with one attached hydrogen (secondary N) is 1. The van der Waals surface area contributed by atoms with Gasteiger partial charge < -0.3 is 10.1 Å². The number of halogens is 2. The Kier molecular flexibility index (Phi) is 4.83. The van der Waals surface area contributed by atoms with Crippen LogP contribution in [0.2, 0.25) is 0 Å². The number of hydrogen-bond acceptors (Lipinski definition) is 3. The normalized spacial score (nSPS) is 11.6. The molecule has 0 aliphatic carbocycles. The third-order valence-corrected chi connectivity index (χ3v) is 3.04. The second-order valence-electron chi connectivity index (χ2n) is 4.44. The molecule has 0 saturated carbocycles. The van der Waals surface area contributed by atoms with Crippen molar-refractivity contribution in [3.63, 3.8) is 0 Å². The third-order valence-electron chi connectivity index (χ3n) is 3.04. The molecule has 0 heterocycles. The number of hydrogen-bond donors (Lipinski definition) is 1. The van der Waals surface area contributed by atoms with Crippen molar-refractivity contribution in [1.29, 1.82) is 0 Å². The summed E-state index contributed by atoms with van der Waals surface area (Å²) in [7, 11) is 1.17. The van der Waals surface area contributed by atoms with E-state index < -0.39 is 35.1 Å². The number of carbonyl (C=O) groups is 2. The first kappa shape index (κ1) is 15.6. The van der Waals surface area contributed by atoms with Gasteiger partial charge in [-0.25, -0.2) is 13.6 Å². The zero-order valence-corrected chi connectivity index (χ0v) is 11.7. The Morgan fingerprint density at radius 2 is 1.73 bits per heavy atom. The van der Waals surface area contributed by atoms with Gasteiger partial charge in [-0.15, -0.1) is 0 Å². The number of carbonyl (C=O) groups excluding carboxylic acids is 2. The van der Waals surface area contributed by atoms with Crippen LogP contribution in [0, 0.1) is 11.6 Å². The maximum atomic E-state index is 13.6. The molecule has 0 saturated heterocycles. The van der Waals surface area contributed by atoms with Gasteiger partial charge in [-0.1, -0.05) is 36.4 Å². The van der Waals surface area contributed by atoms with Crippen molar-refractivity contribution in [2.45, 2.75) is 6.04 Å². The first-order chi connectivity index (χ1) is 10.5. The molecule has 1 N–H and O–H groups in total. The van der Waals surface area contributed by atoms with Crippen molar-refractivity contribution < 1.29 is 23.1 Å². The number of esters is 1. The van der Waals surface area contributed by atoms with E-state index in [0.717, 1.165) is 12.1 Å². The SMILES string of the molecule is COC(=O)[C@H](NC(=O)c1cccc(F)c1F)c1ccccc1. The number of rotatable bonds is 4. The van der Waals surface area contributed by atoms with E-state index in [0.29, 0.717) is 5.56 Å². The van der Waals surface area contributed by atoms with E-state index >= 15 is 0 Å². The highest BCUT2D eigenvalue weighted by Gasteiger charge is 2.25. The maximum Gasteiger partial charge on any atom is 0.333 e. The Bertz CT molecular complexity index is 689. The summed E-state index contributed by atoms with van der Waals surface area (Å²) in [5, 5.41) is 2.35. The van der Waals surface area contributed by atoms with Crippen LogP contribution in [0.5, 0.6) is 0 Å². The summed E-state index contributed by atoms with van der Waals surface area (Å²) in [5.74, 6) is -4.02. The van der Waals surface area contributed by atoms with Crippen molar-refractivity contribution in [2.24, 2.45) is 0 Å². The van der Waals surface area contributed by atoms with Gasteiger partial charge in [0.1, 0.15) is 0 Å². The zero-order chi connectivity index (χ0) is 16.1. The number of amides is 1. The van der Waals surface area contributed by atoms with E-state index in [2.05, 4.69) is 10.1 Å². The van der Waals surface area contributed by atoms with Crippen LogP contribution in [0.15, 0.2) is 48.5 Å². The van der Waals surface area contributed by atoms with Crippen LogP contribution in [-0.4, -0.2) is 19.0 Å². The van der Waals surface area contributed by atoms with Crippen LogP contribution in [0.4, 0.5) is 8.78 Å². The lowest BCUT2D eigenvalue weighted by atomic mass is 10.1. The minimum Gasteiger partial charge on any atom is -0.467 e. The molecule has 0 unspecified atom stereocenters. The molecule has 2 rings (SSSR count). The Morgan fingerprint density at radius 1 is 1.05 bits per heavy atom. The fourth-order valence-corrected chi connectivity index (χ4v) is 1.93. The molecule has 0 aromatic heterocycles. The molecule has 0 fully saturated rings. The highest BCUT2D eigenvalue weighted by molar-refractivity contribution is 5.97. The summed E-state index contributed by atoms with van der Waals surface area (Å²) >= 11 is 0. The predicted octanol–water partition coefficient (Wildman–Crippen LogP) is 2.61. The van der Waals surface area contributed by atoms with Crippen molar-refractivity contribution in [3.8, 4) is 0 Å².